The number of nitrogens with one attached hydrogen (secondary N) is 1. The summed E-state index contributed by atoms with van der Waals surface area (Å²) in [6.07, 6.45) is 6.60. The normalized spacial score (nSPS) is 33.9. The molecule has 2 aliphatic carbocycles. The number of methoxy groups -OCH3 is 1. The number of amides is 2. The molecule has 0 spiro atoms. The number of morpholine rings is 1. The van der Waals surface area contributed by atoms with Crippen LogP contribution >= 0.6 is 0 Å². The summed E-state index contributed by atoms with van der Waals surface area (Å²) in [5.41, 5.74) is -0.241. The van der Waals surface area contributed by atoms with E-state index < -0.39 is 0 Å². The molecular weight excluding hydrogens is 308 g/mol. The van der Waals surface area contributed by atoms with Crippen molar-refractivity contribution in [2.75, 3.05) is 26.7 Å². The van der Waals surface area contributed by atoms with Crippen LogP contribution in [0.3, 0.4) is 0 Å². The smallest absolute Gasteiger partial charge is 0.225 e. The van der Waals surface area contributed by atoms with E-state index in [2.05, 4.69) is 5.32 Å². The van der Waals surface area contributed by atoms with Crippen molar-refractivity contribution in [3.05, 3.63) is 0 Å². The second kappa shape index (κ2) is 6.30. The number of likely N-dealkylation sites (tertiary alicyclic amines) is 1. The van der Waals surface area contributed by atoms with Crippen molar-refractivity contribution in [1.29, 1.82) is 0 Å². The van der Waals surface area contributed by atoms with Crippen molar-refractivity contribution < 1.29 is 19.1 Å². The highest BCUT2D eigenvalue weighted by atomic mass is 16.5. The van der Waals surface area contributed by atoms with Crippen LogP contribution in [-0.2, 0) is 19.1 Å². The third-order valence-electron chi connectivity index (χ3n) is 6.28. The van der Waals surface area contributed by atoms with Gasteiger partial charge in [0.2, 0.25) is 11.8 Å². The van der Waals surface area contributed by atoms with Crippen LogP contribution in [0.5, 0.6) is 0 Å². The van der Waals surface area contributed by atoms with Crippen molar-refractivity contribution >= 4 is 11.8 Å². The molecule has 2 amide bonds. The second-order valence-electron chi connectivity index (χ2n) is 8.04. The number of hydrogen-bond acceptors (Lipinski definition) is 4. The Hall–Kier alpha value is -1.14. The molecule has 2 heterocycles. The molecule has 1 N–H and O–H groups in total. The van der Waals surface area contributed by atoms with E-state index in [4.69, 9.17) is 9.47 Å². The standard InChI is InChI=1S/C18H28N2O4/c1-23-18(5-2-6-18)8-16(21)20-10-13-7-14(15(11-20)24-13)17(22)19-9-12-3-4-12/h12-15H,2-11H2,1H3,(H,19,22). The molecule has 24 heavy (non-hydrogen) atoms. The van der Waals surface area contributed by atoms with Gasteiger partial charge in [-0.05, 0) is 44.4 Å². The molecule has 6 heteroatoms. The van der Waals surface area contributed by atoms with Gasteiger partial charge in [-0.3, -0.25) is 9.59 Å². The zero-order chi connectivity index (χ0) is 16.7. The van der Waals surface area contributed by atoms with Crippen molar-refractivity contribution in [2.24, 2.45) is 11.8 Å². The highest BCUT2D eigenvalue weighted by Gasteiger charge is 2.47. The largest absolute Gasteiger partial charge is 0.378 e. The number of hydrogen-bond donors (Lipinski definition) is 1. The molecule has 0 aromatic rings. The molecule has 0 aromatic heterocycles. The molecule has 6 nitrogen and oxygen atoms in total. The second-order valence-corrected chi connectivity index (χ2v) is 8.04. The minimum atomic E-state index is -0.241. The van der Waals surface area contributed by atoms with Gasteiger partial charge < -0.3 is 19.7 Å². The number of nitrogens with zero attached hydrogens (tertiary/aromatic N) is 1. The molecule has 2 aliphatic heterocycles. The number of fused-ring (bicyclic) bond motifs is 2. The van der Waals surface area contributed by atoms with Crippen LogP contribution in [0, 0.1) is 11.8 Å². The fourth-order valence-electron chi connectivity index (χ4n) is 4.25. The minimum Gasteiger partial charge on any atom is -0.378 e. The van der Waals surface area contributed by atoms with Gasteiger partial charge in [0.1, 0.15) is 0 Å². The van der Waals surface area contributed by atoms with Gasteiger partial charge in [-0.1, -0.05) is 0 Å². The Balaban J connectivity index is 1.32. The van der Waals surface area contributed by atoms with E-state index >= 15 is 0 Å². The van der Waals surface area contributed by atoms with Gasteiger partial charge in [-0.15, -0.1) is 0 Å². The maximum absolute atomic E-state index is 12.7. The van der Waals surface area contributed by atoms with Gasteiger partial charge in [-0.25, -0.2) is 0 Å². The van der Waals surface area contributed by atoms with Gasteiger partial charge in [0.25, 0.3) is 0 Å². The lowest BCUT2D eigenvalue weighted by atomic mass is 9.77. The highest BCUT2D eigenvalue weighted by Crippen LogP contribution is 2.39. The first-order valence-electron chi connectivity index (χ1n) is 9.35. The Kier molecular flexibility index (Phi) is 4.29. The van der Waals surface area contributed by atoms with Crippen LogP contribution in [0.15, 0.2) is 0 Å². The number of carbonyl (C=O) groups is 2. The fourth-order valence-corrected chi connectivity index (χ4v) is 4.25. The molecule has 134 valence electrons. The summed E-state index contributed by atoms with van der Waals surface area (Å²) in [5.74, 6) is 0.831. The average Bonchev–Trinajstić information content (AvgIpc) is 3.33. The van der Waals surface area contributed by atoms with Gasteiger partial charge >= 0.3 is 0 Å². The first-order valence-corrected chi connectivity index (χ1v) is 9.35. The number of ether oxygens (including phenoxy) is 2. The Labute approximate surface area is 143 Å². The summed E-state index contributed by atoms with van der Waals surface area (Å²) in [6, 6.07) is 0. The Morgan fingerprint density at radius 3 is 2.71 bits per heavy atom. The lowest BCUT2D eigenvalue weighted by Gasteiger charge is -2.42. The quantitative estimate of drug-likeness (QED) is 0.788. The molecule has 2 saturated heterocycles. The van der Waals surface area contributed by atoms with E-state index in [0.717, 1.165) is 32.2 Å². The van der Waals surface area contributed by atoms with Gasteiger partial charge in [-0.2, -0.15) is 0 Å². The summed E-state index contributed by atoms with van der Waals surface area (Å²) in [4.78, 5) is 27.0. The lowest BCUT2D eigenvalue weighted by molar-refractivity contribution is -0.153. The fraction of sp³-hybridized carbons (Fsp3) is 0.889. The molecule has 3 unspecified atom stereocenters. The lowest BCUT2D eigenvalue weighted by Crippen LogP contribution is -2.51. The molecule has 3 atom stereocenters. The highest BCUT2D eigenvalue weighted by molar-refractivity contribution is 5.81. The van der Waals surface area contributed by atoms with Crippen molar-refractivity contribution in [2.45, 2.75) is 62.8 Å². The van der Waals surface area contributed by atoms with Crippen LogP contribution < -0.4 is 5.32 Å². The maximum Gasteiger partial charge on any atom is 0.225 e. The molecular formula is C18H28N2O4. The summed E-state index contributed by atoms with van der Waals surface area (Å²) in [6.45, 7) is 1.95. The molecule has 4 aliphatic rings. The van der Waals surface area contributed by atoms with Gasteiger partial charge in [0.05, 0.1) is 30.1 Å². The topological polar surface area (TPSA) is 67.9 Å². The van der Waals surface area contributed by atoms with E-state index in [1.807, 2.05) is 4.90 Å². The summed E-state index contributed by atoms with van der Waals surface area (Å²) in [7, 11) is 1.70. The third-order valence-corrected chi connectivity index (χ3v) is 6.28. The van der Waals surface area contributed by atoms with E-state index in [1.165, 1.54) is 12.8 Å². The average molecular weight is 336 g/mol. The van der Waals surface area contributed by atoms with E-state index in [0.29, 0.717) is 25.4 Å². The number of rotatable bonds is 6. The SMILES string of the molecule is COC1(CC(=O)N2CC3CC(C(=O)NCC4CC4)C(C2)O3)CCC1. The van der Waals surface area contributed by atoms with E-state index in [1.54, 1.807) is 7.11 Å². The number of carbonyl (C=O) groups excluding carboxylic acids is 2. The molecule has 2 bridgehead atoms. The molecule has 4 fully saturated rings. The first-order chi connectivity index (χ1) is 11.6. The summed E-state index contributed by atoms with van der Waals surface area (Å²) in [5, 5.41) is 3.07. The van der Waals surface area contributed by atoms with E-state index in [-0.39, 0.29) is 35.5 Å². The molecule has 0 aromatic carbocycles. The van der Waals surface area contributed by atoms with Crippen molar-refractivity contribution in [1.82, 2.24) is 10.2 Å². The predicted molar refractivity (Wildman–Crippen MR) is 87.3 cm³/mol. The van der Waals surface area contributed by atoms with Crippen molar-refractivity contribution in [3.8, 4) is 0 Å². The van der Waals surface area contributed by atoms with Gasteiger partial charge in [0, 0.05) is 26.7 Å². The minimum absolute atomic E-state index is 0.00394. The van der Waals surface area contributed by atoms with Crippen LogP contribution in [0.4, 0.5) is 0 Å². The van der Waals surface area contributed by atoms with Crippen LogP contribution in [-0.4, -0.2) is 61.3 Å². The van der Waals surface area contributed by atoms with Crippen LogP contribution in [0.1, 0.15) is 44.9 Å². The van der Waals surface area contributed by atoms with E-state index in [9.17, 15) is 9.59 Å². The monoisotopic (exact) mass is 336 g/mol. The Bertz CT molecular complexity index is 510. The Morgan fingerprint density at radius 2 is 2.08 bits per heavy atom. The van der Waals surface area contributed by atoms with Crippen LogP contribution in [0.2, 0.25) is 0 Å². The van der Waals surface area contributed by atoms with Crippen molar-refractivity contribution in [3.63, 3.8) is 0 Å². The predicted octanol–water partition coefficient (Wildman–Crippen LogP) is 1.09. The zero-order valence-electron chi connectivity index (χ0n) is 14.5. The van der Waals surface area contributed by atoms with Gasteiger partial charge in [0.15, 0.2) is 0 Å². The summed E-state index contributed by atoms with van der Waals surface area (Å²) < 4.78 is 11.5. The summed E-state index contributed by atoms with van der Waals surface area (Å²) >= 11 is 0. The maximum atomic E-state index is 12.7. The molecule has 0 radical (unpaired) electrons. The molecule has 2 saturated carbocycles. The first kappa shape index (κ1) is 16.3. The zero-order valence-corrected chi connectivity index (χ0v) is 14.5. The Morgan fingerprint density at radius 1 is 1.29 bits per heavy atom. The van der Waals surface area contributed by atoms with Crippen LogP contribution in [0.25, 0.3) is 0 Å². The third kappa shape index (κ3) is 3.18. The molecule has 4 rings (SSSR count).